The Morgan fingerprint density at radius 3 is 1.80 bits per heavy atom. The number of carbonyl (C=O) groups excluding carboxylic acids is 2. The lowest BCUT2D eigenvalue weighted by molar-refractivity contribution is -0.278. The number of carboxylic acid groups (broad SMARTS) is 1. The fourth-order valence-electron chi connectivity index (χ4n) is 6.15. The van der Waals surface area contributed by atoms with E-state index in [1.807, 2.05) is 0 Å². The molecule has 0 aliphatic carbocycles. The Morgan fingerprint density at radius 1 is 0.639 bits per heavy atom. The molecular weight excluding hydrogens is 820 g/mol. The van der Waals surface area contributed by atoms with Gasteiger partial charge in [0, 0.05) is 24.3 Å². The van der Waals surface area contributed by atoms with Gasteiger partial charge in [-0.05, 0) is 35.9 Å². The van der Waals surface area contributed by atoms with Crippen molar-refractivity contribution in [1.82, 2.24) is 0 Å². The van der Waals surface area contributed by atoms with E-state index in [4.69, 9.17) is 37.9 Å². The topological polar surface area (TPSA) is 361 Å². The number of ether oxygens (including phenoxy) is 6. The van der Waals surface area contributed by atoms with E-state index in [2.05, 4.69) is 0 Å². The number of aliphatic carboxylic acids is 1. The van der Waals surface area contributed by atoms with Crippen molar-refractivity contribution in [1.29, 1.82) is 0 Å². The zero-order valence-electron chi connectivity index (χ0n) is 31.2. The van der Waals surface area contributed by atoms with Gasteiger partial charge in [0.1, 0.15) is 85.4 Å². The molecule has 22 nitrogen and oxygen atoms in total. The molecule has 3 aromatic carbocycles. The van der Waals surface area contributed by atoms with Crippen LogP contribution in [0, 0.1) is 0 Å². The van der Waals surface area contributed by atoms with Gasteiger partial charge in [-0.25, -0.2) is 9.21 Å². The second kappa shape index (κ2) is 18.4. The monoisotopic (exact) mass is 859 g/mol. The number of benzene rings is 3. The van der Waals surface area contributed by atoms with Crippen LogP contribution in [0.4, 0.5) is 0 Å². The lowest BCUT2D eigenvalue weighted by Crippen LogP contribution is -2.60. The maximum atomic E-state index is 12.5. The van der Waals surface area contributed by atoms with Crippen LogP contribution in [-0.4, -0.2) is 154 Å². The number of phenolic OH excluding ortho intramolecular Hbond substituents is 5. The Morgan fingerprint density at radius 2 is 1.21 bits per heavy atom. The molecule has 22 heteroatoms. The quantitative estimate of drug-likeness (QED) is 0.0266. The van der Waals surface area contributed by atoms with Gasteiger partial charge in [-0.1, -0.05) is 6.07 Å². The lowest BCUT2D eigenvalue weighted by Gasteiger charge is -2.40. The smallest absolute Gasteiger partial charge is 0.402 e. The average Bonchev–Trinajstić information content (AvgIpc) is 3.21. The van der Waals surface area contributed by atoms with E-state index in [1.165, 1.54) is 36.4 Å². The number of aliphatic hydroxyl groups excluding tert-OH is 6. The summed E-state index contributed by atoms with van der Waals surface area (Å²) >= 11 is 0. The van der Waals surface area contributed by atoms with Crippen LogP contribution in [0.1, 0.15) is 12.0 Å². The molecular formula is C39H39O22+. The molecule has 0 amide bonds. The Balaban J connectivity index is 1.29. The maximum Gasteiger partial charge on any atom is 0.402 e. The summed E-state index contributed by atoms with van der Waals surface area (Å²) in [5.74, 6) is -7.09. The standard InChI is InChI=1S/C39H38O22/c40-17-9-23-18(24(10-17)58-38-35(53)33(51)32(50)27(60-38)14-56-30(48)12-28(45)46)11-25(37(57-23)16-3-5-20(42)22(44)8-16)59-39-36(54)34(52)31(49)26(61-39)13-55-29(47)6-2-15-1-4-19(41)21(43)7-15/h1-11,26-27,31-36,38-39,49-54H,12-14H2,(H5-,40,41,42,43,44,45,46,47)/p+1/t26-,27-,31-,32-,33+,34+,35-,36+,38-,39-/m1/s1. The van der Waals surface area contributed by atoms with Crippen LogP contribution in [0.15, 0.2) is 65.1 Å². The van der Waals surface area contributed by atoms with E-state index in [9.17, 15) is 70.6 Å². The molecule has 4 aromatic rings. The summed E-state index contributed by atoms with van der Waals surface area (Å²) in [5, 5.41) is 123. The van der Waals surface area contributed by atoms with Gasteiger partial charge in [-0.2, -0.15) is 0 Å². The largest absolute Gasteiger partial charge is 0.507 e. The Bertz CT molecular complexity index is 2300. The highest BCUT2D eigenvalue weighted by atomic mass is 16.7. The summed E-state index contributed by atoms with van der Waals surface area (Å²) in [5.41, 5.74) is 0.151. The third-order valence-corrected chi connectivity index (χ3v) is 9.37. The first kappa shape index (κ1) is 44.1. The number of carbonyl (C=O) groups is 3. The van der Waals surface area contributed by atoms with E-state index in [1.54, 1.807) is 0 Å². The second-order valence-corrected chi connectivity index (χ2v) is 13.7. The van der Waals surface area contributed by atoms with Crippen LogP contribution >= 0.6 is 0 Å². The molecule has 6 rings (SSSR count). The van der Waals surface area contributed by atoms with Gasteiger partial charge >= 0.3 is 29.3 Å². The highest BCUT2D eigenvalue weighted by Gasteiger charge is 2.48. The van der Waals surface area contributed by atoms with E-state index in [0.29, 0.717) is 5.56 Å². The summed E-state index contributed by atoms with van der Waals surface area (Å²) in [6.45, 7) is -1.48. The maximum absolute atomic E-state index is 12.5. The molecule has 2 aliphatic heterocycles. The number of esters is 2. The van der Waals surface area contributed by atoms with E-state index in [0.717, 1.165) is 30.3 Å². The van der Waals surface area contributed by atoms with Crippen LogP contribution in [0.25, 0.3) is 28.4 Å². The molecule has 1 aromatic heterocycles. The SMILES string of the molecule is O=C(O)CC(=O)OC[C@H]1O[C@@H](Oc2cc(O)cc3[o+]c(-c4ccc(O)c(O)c4)c(O[C@@H]4O[C@H](COC(=O)C=Cc5ccc(O)c(O)c5)[C@@H](O)[C@H](O)[C@@H]4O)cc23)[C@H](O)[C@@H](O)[C@@H]1O. The second-order valence-electron chi connectivity index (χ2n) is 13.7. The molecule has 0 bridgehead atoms. The first-order valence-electron chi connectivity index (χ1n) is 18.0. The molecule has 0 radical (unpaired) electrons. The number of rotatable bonds is 13. The zero-order valence-corrected chi connectivity index (χ0v) is 31.2. The van der Waals surface area contributed by atoms with Crippen LogP contribution in [0.5, 0.6) is 40.2 Å². The highest BCUT2D eigenvalue weighted by Crippen LogP contribution is 2.43. The lowest BCUT2D eigenvalue weighted by atomic mass is 9.99. The molecule has 2 fully saturated rings. The van der Waals surface area contributed by atoms with Crippen LogP contribution < -0.4 is 9.47 Å². The molecule has 326 valence electrons. The minimum absolute atomic E-state index is 0.0199. The predicted octanol–water partition coefficient (Wildman–Crippen LogP) is -0.444. The first-order valence-corrected chi connectivity index (χ1v) is 18.0. The number of phenols is 5. The number of hydrogen-bond donors (Lipinski definition) is 12. The van der Waals surface area contributed by atoms with Crippen molar-refractivity contribution in [2.75, 3.05) is 13.2 Å². The molecule has 3 heterocycles. The van der Waals surface area contributed by atoms with Crippen LogP contribution in [0.2, 0.25) is 0 Å². The summed E-state index contributed by atoms with van der Waals surface area (Å²) in [6.07, 6.45) is -17.2. The molecule has 10 atom stereocenters. The number of hydrogen-bond acceptors (Lipinski definition) is 20. The van der Waals surface area contributed by atoms with E-state index in [-0.39, 0.29) is 39.5 Å². The normalized spacial score (nSPS) is 26.5. The van der Waals surface area contributed by atoms with Crippen LogP contribution in [0.3, 0.4) is 0 Å². The van der Waals surface area contributed by atoms with Gasteiger partial charge in [-0.3, -0.25) is 9.59 Å². The minimum Gasteiger partial charge on any atom is -0.507 e. The number of aliphatic hydroxyl groups is 6. The third kappa shape index (κ3) is 10.1. The Kier molecular flexibility index (Phi) is 13.3. The zero-order chi connectivity index (χ0) is 44.3. The summed E-state index contributed by atoms with van der Waals surface area (Å²) in [7, 11) is 0. The number of fused-ring (bicyclic) bond motifs is 1. The highest BCUT2D eigenvalue weighted by molar-refractivity contribution is 5.90. The van der Waals surface area contributed by atoms with E-state index >= 15 is 0 Å². The van der Waals surface area contributed by atoms with Gasteiger partial charge < -0.3 is 89.7 Å². The summed E-state index contributed by atoms with van der Waals surface area (Å²) in [4.78, 5) is 35.2. The van der Waals surface area contributed by atoms with Crippen molar-refractivity contribution < 1.29 is 109 Å². The Hall–Kier alpha value is -6.50. The average molecular weight is 860 g/mol. The predicted molar refractivity (Wildman–Crippen MR) is 199 cm³/mol. The van der Waals surface area contributed by atoms with Crippen molar-refractivity contribution in [3.8, 4) is 51.6 Å². The molecule has 0 spiro atoms. The van der Waals surface area contributed by atoms with Crippen molar-refractivity contribution in [2.24, 2.45) is 0 Å². The van der Waals surface area contributed by atoms with Crippen LogP contribution in [-0.2, 0) is 33.3 Å². The molecule has 2 saturated heterocycles. The summed E-state index contributed by atoms with van der Waals surface area (Å²) < 4.78 is 39.2. The number of aromatic hydroxyl groups is 5. The Labute approximate surface area is 342 Å². The van der Waals surface area contributed by atoms with Gasteiger partial charge in [0.25, 0.3) is 0 Å². The fourth-order valence-corrected chi connectivity index (χ4v) is 6.15. The first-order chi connectivity index (χ1) is 28.9. The van der Waals surface area contributed by atoms with Gasteiger partial charge in [0.15, 0.2) is 23.0 Å². The molecule has 2 aliphatic rings. The van der Waals surface area contributed by atoms with Gasteiger partial charge in [0.05, 0.1) is 11.6 Å². The van der Waals surface area contributed by atoms with Crippen molar-refractivity contribution in [2.45, 2.75) is 67.8 Å². The van der Waals surface area contributed by atoms with Crippen molar-refractivity contribution >= 4 is 35.0 Å². The minimum atomic E-state index is -1.99. The van der Waals surface area contributed by atoms with Gasteiger partial charge in [-0.15, -0.1) is 0 Å². The molecule has 61 heavy (non-hydrogen) atoms. The molecule has 0 saturated carbocycles. The number of carboxylic acids is 1. The van der Waals surface area contributed by atoms with Crippen molar-refractivity contribution in [3.05, 3.63) is 66.2 Å². The van der Waals surface area contributed by atoms with E-state index < -0.39 is 122 Å². The third-order valence-electron chi connectivity index (χ3n) is 9.37. The molecule has 0 unspecified atom stereocenters. The fraction of sp³-hybridized carbons (Fsp3) is 0.333. The van der Waals surface area contributed by atoms with Crippen molar-refractivity contribution in [3.63, 3.8) is 0 Å². The summed E-state index contributed by atoms with van der Waals surface area (Å²) in [6, 6.07) is 10.5. The van der Waals surface area contributed by atoms with Gasteiger partial charge in [0.2, 0.25) is 18.3 Å². The molecule has 12 N–H and O–H groups in total.